The molecule has 0 saturated carbocycles. The first-order valence-electron chi connectivity index (χ1n) is 6.41. The number of rotatable bonds is 4. The maximum absolute atomic E-state index is 13.8. The number of nitrogens with zero attached hydrogens (tertiary/aromatic N) is 1. The molecule has 0 bridgehead atoms. The highest BCUT2D eigenvalue weighted by atomic mass is 32.2. The first-order chi connectivity index (χ1) is 9.77. The average molecular weight is 317 g/mol. The lowest BCUT2D eigenvalue weighted by Crippen LogP contribution is -2.30. The van der Waals surface area contributed by atoms with Crippen LogP contribution in [0.5, 0.6) is 0 Å². The Morgan fingerprint density at radius 2 is 2.14 bits per heavy atom. The lowest BCUT2D eigenvalue weighted by molar-refractivity contribution is 0.0696. The predicted octanol–water partition coefficient (Wildman–Crippen LogP) is 0.835. The number of hydrogen-bond acceptors (Lipinski definition) is 4. The van der Waals surface area contributed by atoms with E-state index in [1.807, 2.05) is 0 Å². The third-order valence-corrected chi connectivity index (χ3v) is 5.66. The van der Waals surface area contributed by atoms with Crippen molar-refractivity contribution in [1.29, 1.82) is 0 Å². The molecule has 1 aliphatic rings. The average Bonchev–Trinajstić information content (AvgIpc) is 2.90. The summed E-state index contributed by atoms with van der Waals surface area (Å²) in [5, 5.41) is 18.0. The SMILES string of the molecule is Cc1c(F)cc(C(=O)O)cc1S(=O)(=O)N1CCC(CO)C1. The van der Waals surface area contributed by atoms with E-state index in [0.29, 0.717) is 6.42 Å². The van der Waals surface area contributed by atoms with Crippen molar-refractivity contribution in [3.63, 3.8) is 0 Å². The van der Waals surface area contributed by atoms with Gasteiger partial charge in [-0.15, -0.1) is 0 Å². The summed E-state index contributed by atoms with van der Waals surface area (Å²) in [6.45, 7) is 1.56. The van der Waals surface area contributed by atoms with Gasteiger partial charge in [-0.25, -0.2) is 17.6 Å². The van der Waals surface area contributed by atoms with Gasteiger partial charge >= 0.3 is 5.97 Å². The van der Waals surface area contributed by atoms with Crippen molar-refractivity contribution in [2.45, 2.75) is 18.2 Å². The zero-order valence-electron chi connectivity index (χ0n) is 11.4. The van der Waals surface area contributed by atoms with Gasteiger partial charge in [-0.05, 0) is 31.4 Å². The van der Waals surface area contributed by atoms with Gasteiger partial charge in [0.1, 0.15) is 5.82 Å². The molecule has 0 spiro atoms. The number of sulfonamides is 1. The molecular formula is C13H16FNO5S. The van der Waals surface area contributed by atoms with Gasteiger partial charge < -0.3 is 10.2 Å². The minimum absolute atomic E-state index is 0.104. The highest BCUT2D eigenvalue weighted by molar-refractivity contribution is 7.89. The Morgan fingerprint density at radius 3 is 2.67 bits per heavy atom. The molecule has 1 fully saturated rings. The molecule has 8 heteroatoms. The van der Waals surface area contributed by atoms with Gasteiger partial charge in [0.2, 0.25) is 10.0 Å². The lowest BCUT2D eigenvalue weighted by Gasteiger charge is -2.18. The van der Waals surface area contributed by atoms with E-state index in [1.54, 1.807) is 0 Å². The number of aliphatic hydroxyl groups excluding tert-OH is 1. The molecular weight excluding hydrogens is 301 g/mol. The van der Waals surface area contributed by atoms with E-state index >= 15 is 0 Å². The lowest BCUT2D eigenvalue weighted by atomic mass is 10.1. The van der Waals surface area contributed by atoms with Crippen molar-refractivity contribution in [3.8, 4) is 0 Å². The molecule has 21 heavy (non-hydrogen) atoms. The molecule has 1 aliphatic heterocycles. The molecule has 2 N–H and O–H groups in total. The zero-order chi connectivity index (χ0) is 15.8. The normalized spacial score (nSPS) is 19.9. The topological polar surface area (TPSA) is 94.9 Å². The number of carboxylic acids is 1. The van der Waals surface area contributed by atoms with Gasteiger partial charge in [0.05, 0.1) is 10.5 Å². The molecule has 1 atom stereocenters. The van der Waals surface area contributed by atoms with E-state index in [4.69, 9.17) is 10.2 Å². The van der Waals surface area contributed by atoms with Crippen molar-refractivity contribution in [3.05, 3.63) is 29.1 Å². The minimum Gasteiger partial charge on any atom is -0.478 e. The van der Waals surface area contributed by atoms with E-state index in [-0.39, 0.29) is 36.1 Å². The van der Waals surface area contributed by atoms with Crippen molar-refractivity contribution < 1.29 is 27.8 Å². The second-order valence-electron chi connectivity index (χ2n) is 5.09. The largest absolute Gasteiger partial charge is 0.478 e. The Bertz CT molecular complexity index is 673. The third kappa shape index (κ3) is 2.92. The molecule has 1 saturated heterocycles. The highest BCUT2D eigenvalue weighted by Gasteiger charge is 2.34. The summed E-state index contributed by atoms with van der Waals surface area (Å²) in [6, 6.07) is 1.78. The van der Waals surface area contributed by atoms with Gasteiger partial charge in [-0.3, -0.25) is 0 Å². The molecule has 0 amide bonds. The summed E-state index contributed by atoms with van der Waals surface area (Å²) in [5.41, 5.74) is -0.512. The number of benzene rings is 1. The smallest absolute Gasteiger partial charge is 0.335 e. The second kappa shape index (κ2) is 5.70. The van der Waals surface area contributed by atoms with Crippen LogP contribution in [-0.2, 0) is 10.0 Å². The van der Waals surface area contributed by atoms with Crippen LogP contribution in [0.2, 0.25) is 0 Å². The van der Waals surface area contributed by atoms with Crippen molar-refractivity contribution in [1.82, 2.24) is 4.31 Å². The van der Waals surface area contributed by atoms with Gasteiger partial charge in [-0.1, -0.05) is 0 Å². The molecule has 1 unspecified atom stereocenters. The number of hydrogen-bond donors (Lipinski definition) is 2. The molecule has 1 aromatic carbocycles. The van der Waals surface area contributed by atoms with Crippen LogP contribution in [0.1, 0.15) is 22.3 Å². The Morgan fingerprint density at radius 1 is 1.48 bits per heavy atom. The molecule has 1 heterocycles. The van der Waals surface area contributed by atoms with Crippen LogP contribution in [0, 0.1) is 18.7 Å². The summed E-state index contributed by atoms with van der Waals surface area (Å²) in [5.74, 6) is -2.40. The molecule has 2 rings (SSSR count). The Labute approximate surface area is 121 Å². The number of halogens is 1. The standard InChI is InChI=1S/C13H16FNO5S/c1-8-11(14)4-10(13(17)18)5-12(8)21(19,20)15-3-2-9(6-15)7-16/h4-5,9,16H,2-3,6-7H2,1H3,(H,17,18). The fourth-order valence-corrected chi connectivity index (χ4v) is 4.14. The van der Waals surface area contributed by atoms with Crippen LogP contribution in [-0.4, -0.2) is 48.6 Å². The Balaban J connectivity index is 2.47. The zero-order valence-corrected chi connectivity index (χ0v) is 12.2. The minimum atomic E-state index is -3.97. The van der Waals surface area contributed by atoms with Gasteiger partial charge in [-0.2, -0.15) is 4.31 Å². The van der Waals surface area contributed by atoms with Crippen molar-refractivity contribution in [2.75, 3.05) is 19.7 Å². The first-order valence-corrected chi connectivity index (χ1v) is 7.85. The molecule has 1 aromatic rings. The van der Waals surface area contributed by atoms with E-state index in [2.05, 4.69) is 0 Å². The van der Waals surface area contributed by atoms with Crippen LogP contribution >= 0.6 is 0 Å². The molecule has 0 aromatic heterocycles. The summed E-state index contributed by atoms with van der Waals surface area (Å²) in [4.78, 5) is 10.6. The monoisotopic (exact) mass is 317 g/mol. The van der Waals surface area contributed by atoms with Crippen molar-refractivity contribution in [2.24, 2.45) is 5.92 Å². The molecule has 0 aliphatic carbocycles. The van der Waals surface area contributed by atoms with Crippen LogP contribution in [0.4, 0.5) is 4.39 Å². The predicted molar refractivity (Wildman–Crippen MR) is 72.0 cm³/mol. The van der Waals surface area contributed by atoms with Gasteiger partial charge in [0.15, 0.2) is 0 Å². The summed E-state index contributed by atoms with van der Waals surface area (Å²) in [6.07, 6.45) is 0.524. The summed E-state index contributed by atoms with van der Waals surface area (Å²) in [7, 11) is -3.97. The number of aliphatic hydroxyl groups is 1. The van der Waals surface area contributed by atoms with E-state index < -0.39 is 27.4 Å². The van der Waals surface area contributed by atoms with Crippen LogP contribution < -0.4 is 0 Å². The Hall–Kier alpha value is -1.51. The van der Waals surface area contributed by atoms with Crippen LogP contribution in [0.15, 0.2) is 17.0 Å². The van der Waals surface area contributed by atoms with E-state index in [0.717, 1.165) is 16.4 Å². The quantitative estimate of drug-likeness (QED) is 0.858. The maximum Gasteiger partial charge on any atom is 0.335 e. The first kappa shape index (κ1) is 15.9. The number of carboxylic acid groups (broad SMARTS) is 1. The fraction of sp³-hybridized carbons (Fsp3) is 0.462. The molecule has 116 valence electrons. The fourth-order valence-electron chi connectivity index (χ4n) is 2.35. The highest BCUT2D eigenvalue weighted by Crippen LogP contribution is 2.28. The van der Waals surface area contributed by atoms with Gasteiger partial charge in [0.25, 0.3) is 0 Å². The molecule has 0 radical (unpaired) electrons. The third-order valence-electron chi connectivity index (χ3n) is 3.67. The van der Waals surface area contributed by atoms with Crippen LogP contribution in [0.3, 0.4) is 0 Å². The second-order valence-corrected chi connectivity index (χ2v) is 6.99. The Kier molecular flexibility index (Phi) is 4.31. The summed E-state index contributed by atoms with van der Waals surface area (Å²) >= 11 is 0. The molecule has 6 nitrogen and oxygen atoms in total. The number of carbonyl (C=O) groups is 1. The van der Waals surface area contributed by atoms with Crippen molar-refractivity contribution >= 4 is 16.0 Å². The van der Waals surface area contributed by atoms with E-state index in [1.165, 1.54) is 6.92 Å². The maximum atomic E-state index is 13.8. The summed E-state index contributed by atoms with van der Waals surface area (Å²) < 4.78 is 40.0. The van der Waals surface area contributed by atoms with Gasteiger partial charge in [0, 0.05) is 25.3 Å². The van der Waals surface area contributed by atoms with E-state index in [9.17, 15) is 17.6 Å². The number of aromatic carboxylic acids is 1. The van der Waals surface area contributed by atoms with Crippen LogP contribution in [0.25, 0.3) is 0 Å².